The summed E-state index contributed by atoms with van der Waals surface area (Å²) in [6, 6.07) is 17.6. The van der Waals surface area contributed by atoms with Crippen LogP contribution in [0.25, 0.3) is 16.8 Å². The third-order valence-corrected chi connectivity index (χ3v) is 5.46. The standard InChI is InChI=1S/C23H28N.CHF3O3S/c1-22(2,3)20-16-21(23(4,5)6)19-15-17(11-10-12-18(19)20)24-13-8-7-9-14-24;2-1(3,4)8(5,6)7/h7-16H,1-6H3;(H,5,6,7)/q+1;/p-1. The smallest absolute Gasteiger partial charge is 0.485 e. The molecule has 1 aromatic heterocycles. The van der Waals surface area contributed by atoms with Crippen molar-refractivity contribution in [2.24, 2.45) is 0 Å². The Hall–Kier alpha value is -2.45. The van der Waals surface area contributed by atoms with E-state index in [1.807, 2.05) is 0 Å². The molecule has 0 aromatic carbocycles. The maximum atomic E-state index is 10.7. The quantitative estimate of drug-likeness (QED) is 0.261. The molecule has 1 heterocycles. The van der Waals surface area contributed by atoms with Crippen LogP contribution in [-0.2, 0) is 20.9 Å². The van der Waals surface area contributed by atoms with Crippen LogP contribution in [-0.4, -0.2) is 18.5 Å². The summed E-state index contributed by atoms with van der Waals surface area (Å²) in [5.41, 5.74) is 1.40. The number of fused-ring (bicyclic) bond motifs is 1. The summed E-state index contributed by atoms with van der Waals surface area (Å²) in [6.45, 7) is 13.8. The molecule has 32 heavy (non-hydrogen) atoms. The zero-order valence-corrected chi connectivity index (χ0v) is 19.8. The van der Waals surface area contributed by atoms with E-state index < -0.39 is 15.6 Å². The van der Waals surface area contributed by atoms with Crippen LogP contribution in [0.15, 0.2) is 60.9 Å². The molecule has 2 aliphatic carbocycles. The highest BCUT2D eigenvalue weighted by Gasteiger charge is 2.37. The van der Waals surface area contributed by atoms with E-state index in [0.29, 0.717) is 0 Å². The highest BCUT2D eigenvalue weighted by atomic mass is 32.2. The molecule has 0 unspecified atom stereocenters. The Morgan fingerprint density at radius 1 is 0.750 bits per heavy atom. The van der Waals surface area contributed by atoms with Gasteiger partial charge in [-0.25, -0.2) is 8.42 Å². The summed E-state index contributed by atoms with van der Waals surface area (Å²) >= 11 is 0. The van der Waals surface area contributed by atoms with E-state index in [1.54, 1.807) is 0 Å². The van der Waals surface area contributed by atoms with E-state index in [4.69, 9.17) is 13.0 Å². The average molecular weight is 468 g/mol. The number of aromatic nitrogens is 1. The van der Waals surface area contributed by atoms with E-state index in [1.165, 1.54) is 27.9 Å². The molecule has 0 aliphatic heterocycles. The minimum absolute atomic E-state index is 0.120. The van der Waals surface area contributed by atoms with Crippen molar-refractivity contribution in [3.05, 3.63) is 72.1 Å². The van der Waals surface area contributed by atoms with Gasteiger partial charge in [-0.2, -0.15) is 17.7 Å². The maximum absolute atomic E-state index is 10.7. The van der Waals surface area contributed by atoms with Gasteiger partial charge in [-0.15, -0.1) is 0 Å². The molecule has 0 saturated heterocycles. The molecule has 4 nitrogen and oxygen atoms in total. The van der Waals surface area contributed by atoms with Gasteiger partial charge in [-0.05, 0) is 33.1 Å². The first-order valence-corrected chi connectivity index (χ1v) is 11.4. The topological polar surface area (TPSA) is 61.1 Å². The summed E-state index contributed by atoms with van der Waals surface area (Å²) < 4.78 is 61.1. The van der Waals surface area contributed by atoms with Gasteiger partial charge in [0.25, 0.3) is 0 Å². The van der Waals surface area contributed by atoms with Crippen LogP contribution in [0.1, 0.15) is 52.7 Å². The van der Waals surface area contributed by atoms with Crippen molar-refractivity contribution in [2.45, 2.75) is 57.9 Å². The number of rotatable bonds is 1. The first-order valence-electron chi connectivity index (χ1n) is 9.99. The van der Waals surface area contributed by atoms with Gasteiger partial charge in [0, 0.05) is 24.3 Å². The van der Waals surface area contributed by atoms with Gasteiger partial charge in [0.15, 0.2) is 22.5 Å². The molecule has 0 bridgehead atoms. The van der Waals surface area contributed by atoms with E-state index in [2.05, 4.69) is 107 Å². The van der Waals surface area contributed by atoms with Gasteiger partial charge in [0.05, 0.1) is 0 Å². The number of hydrogen-bond acceptors (Lipinski definition) is 3. The summed E-state index contributed by atoms with van der Waals surface area (Å²) in [6.07, 6.45) is 4.21. The number of halogens is 3. The lowest BCUT2D eigenvalue weighted by Gasteiger charge is -2.19. The zero-order valence-electron chi connectivity index (χ0n) is 19.0. The minimum Gasteiger partial charge on any atom is -0.741 e. The van der Waals surface area contributed by atoms with Crippen LogP contribution >= 0.6 is 0 Å². The van der Waals surface area contributed by atoms with Crippen LogP contribution in [0.5, 0.6) is 0 Å². The maximum Gasteiger partial charge on any atom is 0.485 e. The molecule has 0 amide bonds. The Morgan fingerprint density at radius 3 is 1.66 bits per heavy atom. The largest absolute Gasteiger partial charge is 0.741 e. The number of alkyl halides is 3. The van der Waals surface area contributed by atoms with Crippen molar-refractivity contribution in [3.63, 3.8) is 0 Å². The van der Waals surface area contributed by atoms with Gasteiger partial charge >= 0.3 is 5.51 Å². The summed E-state index contributed by atoms with van der Waals surface area (Å²) in [5.74, 6) is 0. The van der Waals surface area contributed by atoms with Crippen LogP contribution in [0.4, 0.5) is 13.2 Å². The molecule has 8 heteroatoms. The molecule has 0 fully saturated rings. The van der Waals surface area contributed by atoms with Crippen molar-refractivity contribution in [1.82, 2.24) is 0 Å². The van der Waals surface area contributed by atoms with Crippen LogP contribution in [0.3, 0.4) is 0 Å². The molecule has 0 radical (unpaired) electrons. The fourth-order valence-corrected chi connectivity index (χ4v) is 3.34. The average Bonchev–Trinajstić information content (AvgIpc) is 2.87. The molecular weight excluding hydrogens is 439 g/mol. The van der Waals surface area contributed by atoms with E-state index in [0.717, 1.165) is 0 Å². The second kappa shape index (κ2) is 8.83. The highest BCUT2D eigenvalue weighted by molar-refractivity contribution is 7.86. The molecule has 3 rings (SSSR count). The monoisotopic (exact) mass is 467 g/mol. The van der Waals surface area contributed by atoms with Gasteiger partial charge in [-0.3, -0.25) is 0 Å². The number of pyridine rings is 1. The van der Waals surface area contributed by atoms with E-state index in [-0.39, 0.29) is 10.8 Å². The Kier molecular flexibility index (Phi) is 7.12. The molecule has 0 saturated carbocycles. The van der Waals surface area contributed by atoms with Crippen LogP contribution in [0, 0.1) is 0 Å². The molecule has 0 spiro atoms. The lowest BCUT2D eigenvalue weighted by Crippen LogP contribution is -2.28. The minimum atomic E-state index is -6.09. The molecule has 0 atom stereocenters. The van der Waals surface area contributed by atoms with Crippen molar-refractivity contribution in [2.75, 3.05) is 0 Å². The fraction of sp³-hybridized carbons (Fsp3) is 0.375. The Morgan fingerprint density at radius 2 is 1.22 bits per heavy atom. The molecule has 2 aliphatic rings. The molecule has 0 N–H and O–H groups in total. The zero-order chi connectivity index (χ0) is 24.5. The van der Waals surface area contributed by atoms with E-state index >= 15 is 0 Å². The molecule has 1 aromatic rings. The number of hydrogen-bond donors (Lipinski definition) is 0. The molecular formula is C24H28F3NO3S. The second-order valence-corrected chi connectivity index (χ2v) is 10.9. The number of nitrogens with zero attached hydrogens (tertiary/aromatic N) is 1. The van der Waals surface area contributed by atoms with Crippen molar-refractivity contribution >= 4 is 10.1 Å². The SMILES string of the molecule is CC(C)(C)c1cc(C(C)(C)C)c2cc(-[n+]3ccccc3)cccc1-2.O=S(=O)([O-])C(F)(F)F. The van der Waals surface area contributed by atoms with Gasteiger partial charge < -0.3 is 4.55 Å². The van der Waals surface area contributed by atoms with Crippen molar-refractivity contribution in [1.29, 1.82) is 0 Å². The third-order valence-electron chi connectivity index (χ3n) is 4.89. The summed E-state index contributed by atoms with van der Waals surface area (Å²) in [4.78, 5) is 0. The van der Waals surface area contributed by atoms with Crippen LogP contribution < -0.4 is 4.57 Å². The highest BCUT2D eigenvalue weighted by Crippen LogP contribution is 2.43. The second-order valence-electron chi connectivity index (χ2n) is 9.58. The lowest BCUT2D eigenvalue weighted by molar-refractivity contribution is -0.595. The molecule has 174 valence electrons. The normalized spacial score (nSPS) is 12.9. The predicted molar refractivity (Wildman–Crippen MR) is 118 cm³/mol. The Bertz CT molecular complexity index is 1140. The lowest BCUT2D eigenvalue weighted by atomic mass is 9.85. The van der Waals surface area contributed by atoms with Gasteiger partial charge in [0.1, 0.15) is 0 Å². The van der Waals surface area contributed by atoms with E-state index in [9.17, 15) is 13.2 Å². The van der Waals surface area contributed by atoms with Crippen LogP contribution in [0.2, 0.25) is 0 Å². The van der Waals surface area contributed by atoms with Gasteiger partial charge in [-0.1, -0.05) is 65.8 Å². The van der Waals surface area contributed by atoms with Crippen molar-refractivity contribution in [3.8, 4) is 16.8 Å². The third kappa shape index (κ3) is 6.07. The first kappa shape index (κ1) is 25.8. The fourth-order valence-electron chi connectivity index (χ4n) is 3.34. The predicted octanol–water partition coefficient (Wildman–Crippen LogP) is 5.71. The Balaban J connectivity index is 0.000000390. The Labute approximate surface area is 187 Å². The first-order chi connectivity index (χ1) is 14.4. The van der Waals surface area contributed by atoms with Gasteiger partial charge in [0.2, 0.25) is 5.69 Å². The summed E-state index contributed by atoms with van der Waals surface area (Å²) in [5, 5.41) is 0. The van der Waals surface area contributed by atoms with Crippen molar-refractivity contribution < 1.29 is 30.7 Å². The summed E-state index contributed by atoms with van der Waals surface area (Å²) in [7, 11) is -6.09.